The van der Waals surface area contributed by atoms with E-state index >= 15 is 0 Å². The zero-order valence-electron chi connectivity index (χ0n) is 9.57. The minimum atomic E-state index is 0.399. The standard InChI is InChI=1S/C12H20N2O/c1-10(12-6-4-8-15-12)14-7-3-5-11(9-14)13-2/h4,6,8,10-11,13H,3,5,7,9H2,1-2H3/t10-,11-/m0/s1. The summed E-state index contributed by atoms with van der Waals surface area (Å²) < 4.78 is 5.46. The van der Waals surface area contributed by atoms with Gasteiger partial charge < -0.3 is 9.73 Å². The molecule has 0 bridgehead atoms. The Morgan fingerprint density at radius 1 is 1.60 bits per heavy atom. The lowest BCUT2D eigenvalue weighted by Crippen LogP contribution is -2.45. The second-order valence-corrected chi connectivity index (χ2v) is 4.31. The Balaban J connectivity index is 1.98. The minimum Gasteiger partial charge on any atom is -0.468 e. The van der Waals surface area contributed by atoms with Gasteiger partial charge in [0.15, 0.2) is 0 Å². The third-order valence-corrected chi connectivity index (χ3v) is 3.36. The van der Waals surface area contributed by atoms with Crippen LogP contribution in [-0.4, -0.2) is 31.1 Å². The molecular formula is C12H20N2O. The molecule has 0 amide bonds. The van der Waals surface area contributed by atoms with Gasteiger partial charge in [-0.3, -0.25) is 4.90 Å². The van der Waals surface area contributed by atoms with Crippen molar-refractivity contribution >= 4 is 0 Å². The maximum Gasteiger partial charge on any atom is 0.120 e. The van der Waals surface area contributed by atoms with Gasteiger partial charge in [0.1, 0.15) is 5.76 Å². The van der Waals surface area contributed by atoms with Gasteiger partial charge in [0, 0.05) is 12.6 Å². The number of likely N-dealkylation sites (tertiary alicyclic amines) is 1. The topological polar surface area (TPSA) is 28.4 Å². The van der Waals surface area contributed by atoms with E-state index in [1.54, 1.807) is 6.26 Å². The number of piperidine rings is 1. The molecule has 84 valence electrons. The first-order valence-electron chi connectivity index (χ1n) is 5.76. The average molecular weight is 208 g/mol. The highest BCUT2D eigenvalue weighted by Gasteiger charge is 2.24. The van der Waals surface area contributed by atoms with Crippen LogP contribution in [0.5, 0.6) is 0 Å². The summed E-state index contributed by atoms with van der Waals surface area (Å²) in [4.78, 5) is 2.49. The molecule has 3 nitrogen and oxygen atoms in total. The monoisotopic (exact) mass is 208 g/mol. The van der Waals surface area contributed by atoms with E-state index in [-0.39, 0.29) is 0 Å². The van der Waals surface area contributed by atoms with Crippen LogP contribution in [0.3, 0.4) is 0 Å². The van der Waals surface area contributed by atoms with Gasteiger partial charge >= 0.3 is 0 Å². The summed E-state index contributed by atoms with van der Waals surface area (Å²) in [6.45, 7) is 4.52. The van der Waals surface area contributed by atoms with Crippen molar-refractivity contribution in [1.82, 2.24) is 10.2 Å². The summed E-state index contributed by atoms with van der Waals surface area (Å²) in [5, 5.41) is 3.36. The Morgan fingerprint density at radius 3 is 3.13 bits per heavy atom. The molecule has 2 heterocycles. The van der Waals surface area contributed by atoms with E-state index in [2.05, 4.69) is 23.2 Å². The molecule has 0 aliphatic carbocycles. The van der Waals surface area contributed by atoms with E-state index < -0.39 is 0 Å². The van der Waals surface area contributed by atoms with E-state index in [0.717, 1.165) is 12.3 Å². The summed E-state index contributed by atoms with van der Waals surface area (Å²) >= 11 is 0. The lowest BCUT2D eigenvalue weighted by Gasteiger charge is -2.35. The molecule has 1 fully saturated rings. The van der Waals surface area contributed by atoms with E-state index in [1.807, 2.05) is 13.1 Å². The van der Waals surface area contributed by atoms with Crippen molar-refractivity contribution in [3.05, 3.63) is 24.2 Å². The molecule has 1 N–H and O–H groups in total. The fraction of sp³-hybridized carbons (Fsp3) is 0.667. The van der Waals surface area contributed by atoms with E-state index in [4.69, 9.17) is 4.42 Å². The second kappa shape index (κ2) is 4.81. The molecule has 15 heavy (non-hydrogen) atoms. The van der Waals surface area contributed by atoms with Gasteiger partial charge in [-0.05, 0) is 45.5 Å². The van der Waals surface area contributed by atoms with Crippen molar-refractivity contribution in [2.75, 3.05) is 20.1 Å². The molecular weight excluding hydrogens is 188 g/mol. The van der Waals surface area contributed by atoms with Crippen LogP contribution in [0.25, 0.3) is 0 Å². The van der Waals surface area contributed by atoms with Crippen LogP contribution in [0.15, 0.2) is 22.8 Å². The summed E-state index contributed by atoms with van der Waals surface area (Å²) in [7, 11) is 2.05. The third-order valence-electron chi connectivity index (χ3n) is 3.36. The first-order chi connectivity index (χ1) is 7.31. The van der Waals surface area contributed by atoms with Crippen molar-refractivity contribution in [2.45, 2.75) is 31.8 Å². The molecule has 1 aliphatic heterocycles. The highest BCUT2D eigenvalue weighted by Crippen LogP contribution is 2.24. The SMILES string of the molecule is CN[C@H]1CCCN([C@@H](C)c2ccco2)C1. The fourth-order valence-corrected chi connectivity index (χ4v) is 2.30. The van der Waals surface area contributed by atoms with Crippen LogP contribution in [0, 0.1) is 0 Å². The molecule has 2 rings (SSSR count). The number of hydrogen-bond donors (Lipinski definition) is 1. The van der Waals surface area contributed by atoms with Gasteiger partial charge in [-0.2, -0.15) is 0 Å². The van der Waals surface area contributed by atoms with Crippen LogP contribution in [0.2, 0.25) is 0 Å². The summed E-state index contributed by atoms with van der Waals surface area (Å²) in [5.74, 6) is 1.08. The molecule has 1 aromatic rings. The van der Waals surface area contributed by atoms with Gasteiger partial charge in [0.2, 0.25) is 0 Å². The second-order valence-electron chi connectivity index (χ2n) is 4.31. The zero-order chi connectivity index (χ0) is 10.7. The summed E-state index contributed by atoms with van der Waals surface area (Å²) in [6, 6.07) is 5.06. The summed E-state index contributed by atoms with van der Waals surface area (Å²) in [6.07, 6.45) is 4.32. The first kappa shape index (κ1) is 10.7. The number of hydrogen-bond acceptors (Lipinski definition) is 3. The molecule has 1 saturated heterocycles. The lowest BCUT2D eigenvalue weighted by molar-refractivity contribution is 0.135. The van der Waals surface area contributed by atoms with Crippen LogP contribution >= 0.6 is 0 Å². The maximum atomic E-state index is 5.46. The van der Waals surface area contributed by atoms with Crippen molar-refractivity contribution in [2.24, 2.45) is 0 Å². The van der Waals surface area contributed by atoms with Gasteiger partial charge in [-0.25, -0.2) is 0 Å². The van der Waals surface area contributed by atoms with Gasteiger partial charge in [0.25, 0.3) is 0 Å². The van der Waals surface area contributed by atoms with Crippen LogP contribution < -0.4 is 5.32 Å². The fourth-order valence-electron chi connectivity index (χ4n) is 2.30. The van der Waals surface area contributed by atoms with Crippen molar-refractivity contribution in [3.63, 3.8) is 0 Å². The first-order valence-corrected chi connectivity index (χ1v) is 5.76. The molecule has 0 radical (unpaired) electrons. The van der Waals surface area contributed by atoms with Crippen molar-refractivity contribution < 1.29 is 4.42 Å². The van der Waals surface area contributed by atoms with E-state index in [0.29, 0.717) is 12.1 Å². The Bertz CT molecular complexity index is 284. The minimum absolute atomic E-state index is 0.399. The number of rotatable bonds is 3. The maximum absolute atomic E-state index is 5.46. The number of nitrogens with zero attached hydrogens (tertiary/aromatic N) is 1. The van der Waals surface area contributed by atoms with E-state index in [1.165, 1.54) is 19.4 Å². The highest BCUT2D eigenvalue weighted by atomic mass is 16.3. The number of likely N-dealkylation sites (N-methyl/N-ethyl adjacent to an activating group) is 1. The Labute approximate surface area is 91.4 Å². The molecule has 1 aromatic heterocycles. The summed E-state index contributed by atoms with van der Waals surface area (Å²) in [5.41, 5.74) is 0. The smallest absolute Gasteiger partial charge is 0.120 e. The van der Waals surface area contributed by atoms with Crippen molar-refractivity contribution in [1.29, 1.82) is 0 Å². The third kappa shape index (κ3) is 2.41. The molecule has 0 unspecified atom stereocenters. The predicted octanol–water partition coefficient (Wildman–Crippen LogP) is 2.02. The van der Waals surface area contributed by atoms with Gasteiger partial charge in [-0.1, -0.05) is 0 Å². The van der Waals surface area contributed by atoms with Gasteiger partial charge in [-0.15, -0.1) is 0 Å². The Morgan fingerprint density at radius 2 is 2.47 bits per heavy atom. The Hall–Kier alpha value is -0.800. The van der Waals surface area contributed by atoms with Crippen molar-refractivity contribution in [3.8, 4) is 0 Å². The van der Waals surface area contributed by atoms with Gasteiger partial charge in [0.05, 0.1) is 12.3 Å². The normalized spacial score (nSPS) is 25.3. The molecule has 0 spiro atoms. The number of nitrogens with one attached hydrogen (secondary N) is 1. The predicted molar refractivity (Wildman–Crippen MR) is 60.8 cm³/mol. The average Bonchev–Trinajstić information content (AvgIpc) is 2.81. The number of furan rings is 1. The van der Waals surface area contributed by atoms with Crippen LogP contribution in [0.4, 0.5) is 0 Å². The molecule has 3 heteroatoms. The largest absolute Gasteiger partial charge is 0.468 e. The highest BCUT2D eigenvalue weighted by molar-refractivity contribution is 5.04. The molecule has 1 aliphatic rings. The molecule has 0 saturated carbocycles. The molecule has 2 atom stereocenters. The molecule has 0 aromatic carbocycles. The zero-order valence-corrected chi connectivity index (χ0v) is 9.57. The van der Waals surface area contributed by atoms with Crippen LogP contribution in [-0.2, 0) is 0 Å². The van der Waals surface area contributed by atoms with Crippen LogP contribution in [0.1, 0.15) is 31.6 Å². The van der Waals surface area contributed by atoms with E-state index in [9.17, 15) is 0 Å². The quantitative estimate of drug-likeness (QED) is 0.824. The lowest BCUT2D eigenvalue weighted by atomic mass is 10.0. The Kier molecular flexibility index (Phi) is 3.44.